The van der Waals surface area contributed by atoms with Crippen LogP contribution in [-0.2, 0) is 0 Å². The normalized spacial score (nSPS) is 11.2. The summed E-state index contributed by atoms with van der Waals surface area (Å²) in [6, 6.07) is 36.5. The second kappa shape index (κ2) is 13.1. The van der Waals surface area contributed by atoms with Gasteiger partial charge in [0, 0.05) is 52.2 Å². The van der Waals surface area contributed by atoms with Gasteiger partial charge in [0.2, 0.25) is 0 Å². The molecule has 2 heterocycles. The zero-order valence-corrected chi connectivity index (χ0v) is 33.7. The number of hydrogen-bond donors (Lipinski definition) is 0. The van der Waals surface area contributed by atoms with E-state index >= 15 is 0 Å². The van der Waals surface area contributed by atoms with Crippen molar-refractivity contribution in [2.24, 2.45) is 0 Å². The molecular formula is C54H34S2. The van der Waals surface area contributed by atoms with E-state index in [4.69, 9.17) is 0 Å². The highest BCUT2D eigenvalue weighted by molar-refractivity contribution is 7.28. The molecule has 2 aromatic heterocycles. The minimum absolute atomic E-state index is 1.07. The summed E-state index contributed by atoms with van der Waals surface area (Å²) in [6.45, 7) is 12.1. The van der Waals surface area contributed by atoms with Crippen molar-refractivity contribution in [2.75, 3.05) is 0 Å². The van der Waals surface area contributed by atoms with Crippen LogP contribution >= 0.6 is 22.7 Å². The van der Waals surface area contributed by atoms with Crippen LogP contribution in [0, 0.1) is 61.2 Å². The molecule has 0 aliphatic heterocycles. The lowest BCUT2D eigenvalue weighted by molar-refractivity contribution is 1.37. The highest BCUT2D eigenvalue weighted by Gasteiger charge is 2.19. The molecular weight excluding hydrogens is 713 g/mol. The van der Waals surface area contributed by atoms with Crippen LogP contribution in [0.3, 0.4) is 0 Å². The van der Waals surface area contributed by atoms with Gasteiger partial charge in [-0.3, -0.25) is 0 Å². The van der Waals surface area contributed by atoms with Crippen LogP contribution in [0.25, 0.3) is 94.6 Å². The topological polar surface area (TPSA) is 0 Å². The molecule has 0 saturated heterocycles. The van der Waals surface area contributed by atoms with E-state index in [0.29, 0.717) is 0 Å². The van der Waals surface area contributed by atoms with E-state index in [1.165, 1.54) is 62.6 Å². The van der Waals surface area contributed by atoms with E-state index < -0.39 is 0 Å². The van der Waals surface area contributed by atoms with E-state index in [9.17, 15) is 0 Å². The first kappa shape index (κ1) is 34.0. The first-order chi connectivity index (χ1) is 27.4. The number of benzene rings is 8. The number of hydrogen-bond acceptors (Lipinski definition) is 2. The number of rotatable bonds is 1. The molecule has 0 N–H and O–H groups in total. The van der Waals surface area contributed by atoms with Crippen LogP contribution in [-0.4, -0.2) is 0 Å². The summed E-state index contributed by atoms with van der Waals surface area (Å²) in [5, 5.41) is 16.6. The van der Waals surface area contributed by atoms with Gasteiger partial charge in [0.1, 0.15) is 0 Å². The molecule has 262 valence electrons. The van der Waals surface area contributed by atoms with E-state index in [-0.39, 0.29) is 0 Å². The van der Waals surface area contributed by atoms with Crippen molar-refractivity contribution in [1.82, 2.24) is 0 Å². The summed E-state index contributed by atoms with van der Waals surface area (Å²) in [4.78, 5) is 2.51. The lowest BCUT2D eigenvalue weighted by Gasteiger charge is -2.14. The third-order valence-corrected chi connectivity index (χ3v) is 13.6. The van der Waals surface area contributed by atoms with Crippen molar-refractivity contribution in [1.29, 1.82) is 0 Å². The second-order valence-electron chi connectivity index (χ2n) is 14.5. The molecule has 10 aromatic rings. The Labute approximate surface area is 334 Å². The van der Waals surface area contributed by atoms with Crippen molar-refractivity contribution in [3.8, 4) is 57.1 Å². The molecule has 0 aliphatic rings. The van der Waals surface area contributed by atoms with Crippen molar-refractivity contribution in [3.05, 3.63) is 130 Å². The standard InChI is InChI=1S/C54H34S2/c1-7-13-39-43-21-33-17-11-12-18-34(33)22-44(43)41(15-9-3)49-29-51-37(25-47(39)49)27-53(55-51)54-28-38-26-48-40(14-8-2)45-23-35-19-31(5)32(6)20-36(35)24-46(45)42(16-10-4)50(48)30-52(38)56-54/h11-12,17-30H,1-6H3. The average Bonchev–Trinajstić information content (AvgIpc) is 3.82. The fraction of sp³-hybridized carbons (Fsp3) is 0.111. The van der Waals surface area contributed by atoms with Gasteiger partial charge in [0.05, 0.1) is 0 Å². The van der Waals surface area contributed by atoms with Gasteiger partial charge in [0.25, 0.3) is 0 Å². The Morgan fingerprint density at radius 2 is 0.643 bits per heavy atom. The van der Waals surface area contributed by atoms with Crippen molar-refractivity contribution in [3.63, 3.8) is 0 Å². The Morgan fingerprint density at radius 3 is 0.982 bits per heavy atom. The predicted octanol–water partition coefficient (Wildman–Crippen LogP) is 14.8. The Kier molecular flexibility index (Phi) is 7.93. The summed E-state index contributed by atoms with van der Waals surface area (Å²) in [7, 11) is 0. The van der Waals surface area contributed by atoms with Gasteiger partial charge in [0.15, 0.2) is 0 Å². The molecule has 56 heavy (non-hydrogen) atoms. The highest BCUT2D eigenvalue weighted by atomic mass is 32.1. The van der Waals surface area contributed by atoms with Crippen LogP contribution in [0.5, 0.6) is 0 Å². The summed E-state index contributed by atoms with van der Waals surface area (Å²) < 4.78 is 2.49. The molecule has 10 rings (SSSR count). The third kappa shape index (κ3) is 5.20. The minimum atomic E-state index is 1.07. The molecule has 0 unspecified atom stereocenters. The number of fused-ring (bicyclic) bond motifs is 8. The Bertz CT molecular complexity index is 3430. The molecule has 0 bridgehead atoms. The summed E-state index contributed by atoms with van der Waals surface area (Å²) in [5.74, 6) is 27.0. The van der Waals surface area contributed by atoms with Gasteiger partial charge >= 0.3 is 0 Å². The molecule has 0 atom stereocenters. The monoisotopic (exact) mass is 746 g/mol. The van der Waals surface area contributed by atoms with Gasteiger partial charge in [-0.25, -0.2) is 0 Å². The summed E-state index contributed by atoms with van der Waals surface area (Å²) in [6.07, 6.45) is 0. The number of thiophene rings is 2. The van der Waals surface area contributed by atoms with Gasteiger partial charge in [-0.15, -0.1) is 46.4 Å². The summed E-state index contributed by atoms with van der Waals surface area (Å²) in [5.41, 5.74) is 6.86. The van der Waals surface area contributed by atoms with Crippen molar-refractivity contribution >= 4 is 107 Å². The maximum absolute atomic E-state index is 3.53. The third-order valence-electron chi connectivity index (χ3n) is 11.2. The van der Waals surface area contributed by atoms with E-state index in [0.717, 1.165) is 65.3 Å². The smallest absolute Gasteiger partial charge is 0.0455 e. The predicted molar refractivity (Wildman–Crippen MR) is 247 cm³/mol. The van der Waals surface area contributed by atoms with Gasteiger partial charge < -0.3 is 0 Å². The fourth-order valence-corrected chi connectivity index (χ4v) is 10.7. The molecule has 0 saturated carbocycles. The molecule has 8 aromatic carbocycles. The first-order valence-corrected chi connectivity index (χ1v) is 20.5. The molecule has 0 aliphatic carbocycles. The first-order valence-electron chi connectivity index (χ1n) is 18.8. The molecule has 0 spiro atoms. The van der Waals surface area contributed by atoms with Gasteiger partial charge in [-0.05, 0) is 178 Å². The maximum Gasteiger partial charge on any atom is 0.0455 e. The highest BCUT2D eigenvalue weighted by Crippen LogP contribution is 2.45. The van der Waals surface area contributed by atoms with E-state index in [1.54, 1.807) is 0 Å². The zero-order chi connectivity index (χ0) is 38.2. The van der Waals surface area contributed by atoms with Gasteiger partial charge in [-0.1, -0.05) is 60.1 Å². The van der Waals surface area contributed by atoms with Crippen LogP contribution in [0.4, 0.5) is 0 Å². The Hall–Kier alpha value is -6.52. The van der Waals surface area contributed by atoms with Crippen molar-refractivity contribution in [2.45, 2.75) is 41.5 Å². The SMILES string of the molecule is CC#Cc1c2cc3ccccc3cc2c(C#CC)c2cc3sc(-c4cc5cc6c(C#CC)c7cc8cc(C)c(C)cc8cc7c(C#CC)c6cc5s4)cc3cc12. The van der Waals surface area contributed by atoms with E-state index in [1.807, 2.05) is 50.4 Å². The molecule has 0 fully saturated rings. The van der Waals surface area contributed by atoms with E-state index in [2.05, 4.69) is 158 Å². The quantitative estimate of drug-likeness (QED) is 0.116. The Morgan fingerprint density at radius 1 is 0.339 bits per heavy atom. The largest absolute Gasteiger partial charge is 0.134 e. The van der Waals surface area contributed by atoms with Crippen molar-refractivity contribution < 1.29 is 0 Å². The molecule has 0 radical (unpaired) electrons. The lowest BCUT2D eigenvalue weighted by atomic mass is 9.89. The molecule has 0 nitrogen and oxygen atoms in total. The number of aryl methyl sites for hydroxylation is 2. The van der Waals surface area contributed by atoms with Crippen LogP contribution < -0.4 is 0 Å². The minimum Gasteiger partial charge on any atom is -0.134 e. The van der Waals surface area contributed by atoms with Crippen LogP contribution in [0.1, 0.15) is 61.1 Å². The second-order valence-corrected chi connectivity index (χ2v) is 16.7. The van der Waals surface area contributed by atoms with Gasteiger partial charge in [-0.2, -0.15) is 0 Å². The van der Waals surface area contributed by atoms with Crippen LogP contribution in [0.2, 0.25) is 0 Å². The average molecular weight is 747 g/mol. The van der Waals surface area contributed by atoms with Crippen LogP contribution in [0.15, 0.2) is 97.1 Å². The molecule has 2 heteroatoms. The molecule has 0 amide bonds. The Balaban J connectivity index is 1.21. The fourth-order valence-electron chi connectivity index (χ4n) is 8.51. The zero-order valence-electron chi connectivity index (χ0n) is 32.1. The lowest BCUT2D eigenvalue weighted by Crippen LogP contribution is -1.92. The summed E-state index contributed by atoms with van der Waals surface area (Å²) >= 11 is 3.70. The maximum atomic E-state index is 3.53.